The van der Waals surface area contributed by atoms with Crippen LogP contribution in [0.2, 0.25) is 0 Å². The molecule has 182 valence electrons. The summed E-state index contributed by atoms with van der Waals surface area (Å²) in [7, 11) is -0.877. The molecule has 2 aromatic heterocycles. The molecule has 4 heteroatoms. The van der Waals surface area contributed by atoms with Gasteiger partial charge in [0.25, 0.3) is 0 Å². The van der Waals surface area contributed by atoms with Crippen LogP contribution in [0.5, 0.6) is 0 Å². The van der Waals surface area contributed by atoms with Gasteiger partial charge in [-0.25, -0.2) is 0 Å². The summed E-state index contributed by atoms with van der Waals surface area (Å²) >= 11 is 0. The van der Waals surface area contributed by atoms with Gasteiger partial charge in [0.2, 0.25) is 0 Å². The smallest absolute Gasteiger partial charge is 0.662 e. The van der Waals surface area contributed by atoms with Gasteiger partial charge in [-0.1, -0.05) is 78.9 Å². The van der Waals surface area contributed by atoms with Crippen molar-refractivity contribution in [3.8, 4) is 22.6 Å². The maximum absolute atomic E-state index is 4.59. The van der Waals surface area contributed by atoms with E-state index in [0.717, 1.165) is 22.6 Å². The Balaban J connectivity index is 0.000000169. The molecule has 0 saturated carbocycles. The molecule has 37 heavy (non-hydrogen) atoms. The number of rotatable bonds is 5. The minimum absolute atomic E-state index is 0. The molecule has 0 spiro atoms. The molecule has 0 radical (unpaired) electrons. The molecule has 0 aliphatic heterocycles. The van der Waals surface area contributed by atoms with Crippen molar-refractivity contribution in [1.82, 2.24) is 9.97 Å². The third kappa shape index (κ3) is 7.01. The van der Waals surface area contributed by atoms with Gasteiger partial charge in [0, 0.05) is 5.69 Å². The number of hydrogen-bond acceptors (Lipinski definition) is 1. The van der Waals surface area contributed by atoms with Gasteiger partial charge in [0.15, 0.2) is 0 Å². The summed E-state index contributed by atoms with van der Waals surface area (Å²) in [5.41, 5.74) is 3.72. The molecule has 0 amide bonds. The second-order valence-corrected chi connectivity index (χ2v) is 10.7. The van der Waals surface area contributed by atoms with Crippen molar-refractivity contribution in [3.05, 3.63) is 158 Å². The second kappa shape index (κ2) is 13.7. The van der Waals surface area contributed by atoms with Crippen LogP contribution in [0.3, 0.4) is 0 Å². The van der Waals surface area contributed by atoms with Crippen molar-refractivity contribution in [3.63, 3.8) is 0 Å². The van der Waals surface area contributed by atoms with Crippen molar-refractivity contribution in [2.45, 2.75) is 0 Å². The first-order valence-electron chi connectivity index (χ1n) is 11.9. The first-order chi connectivity index (χ1) is 17.9. The van der Waals surface area contributed by atoms with Crippen molar-refractivity contribution in [1.29, 1.82) is 0 Å². The van der Waals surface area contributed by atoms with Crippen LogP contribution < -0.4 is 20.9 Å². The van der Waals surface area contributed by atoms with Gasteiger partial charge < -0.3 is 4.98 Å². The fourth-order valence-corrected chi connectivity index (χ4v) is 6.62. The van der Waals surface area contributed by atoms with Crippen LogP contribution in [0.15, 0.2) is 152 Å². The number of pyridine rings is 1. The number of aromatic nitrogens is 2. The van der Waals surface area contributed by atoms with E-state index in [2.05, 4.69) is 107 Å². The third-order valence-electron chi connectivity index (χ3n) is 5.74. The van der Waals surface area contributed by atoms with Crippen LogP contribution in [0, 0.1) is 6.07 Å². The minimum Gasteiger partial charge on any atom is -0.662 e. The van der Waals surface area contributed by atoms with E-state index in [1.165, 1.54) is 15.9 Å². The Bertz CT molecular complexity index is 1360. The van der Waals surface area contributed by atoms with Crippen LogP contribution in [0.1, 0.15) is 0 Å². The number of hydrogen-bond donors (Lipinski definition) is 0. The zero-order chi connectivity index (χ0) is 24.4. The summed E-state index contributed by atoms with van der Waals surface area (Å²) in [5, 5.41) is 4.31. The van der Waals surface area contributed by atoms with E-state index in [1.54, 1.807) is 6.20 Å². The van der Waals surface area contributed by atoms with E-state index < -0.39 is 7.92 Å². The Morgan fingerprint density at radius 3 is 1.54 bits per heavy atom. The van der Waals surface area contributed by atoms with Crippen molar-refractivity contribution in [2.24, 2.45) is 0 Å². The first-order valence-corrected chi connectivity index (χ1v) is 13.4. The fourth-order valence-electron chi connectivity index (χ4n) is 4.05. The van der Waals surface area contributed by atoms with E-state index in [0.29, 0.717) is 0 Å². The van der Waals surface area contributed by atoms with E-state index in [-0.39, 0.29) is 21.1 Å². The molecule has 0 aliphatic rings. The van der Waals surface area contributed by atoms with E-state index in [1.807, 2.05) is 54.6 Å². The van der Waals surface area contributed by atoms with Gasteiger partial charge in [-0.05, 0) is 48.2 Å². The summed E-state index contributed by atoms with van der Waals surface area (Å²) in [6.45, 7) is 0. The standard InChI is InChI=1S/C18H15P.C15H10N2.Pt/c1-4-10-16(11-5-1)19(17-12-6-2-7-13-17)18-14-8-3-9-15-18;1-2-6-12(7-3-1)13-8-4-9-15(17-13)14-10-5-11-16-14;/h1-15H;1-6,8-11H;/q;-2;+2/p+1. The molecule has 6 rings (SSSR count). The largest absolute Gasteiger partial charge is 2.00 e. The molecule has 0 bridgehead atoms. The second-order valence-electron chi connectivity index (χ2n) is 8.18. The van der Waals surface area contributed by atoms with Crippen LogP contribution in [-0.4, -0.2) is 4.98 Å². The van der Waals surface area contributed by atoms with Crippen LogP contribution in [0.25, 0.3) is 22.6 Å². The summed E-state index contributed by atoms with van der Waals surface area (Å²) in [4.78, 5) is 8.84. The van der Waals surface area contributed by atoms with E-state index in [4.69, 9.17) is 0 Å². The molecular formula is C33H26N2PPt+. The Morgan fingerprint density at radius 2 is 1.05 bits per heavy atom. The zero-order valence-corrected chi connectivity index (χ0v) is 23.4. The Labute approximate surface area is 234 Å². The predicted molar refractivity (Wildman–Crippen MR) is 154 cm³/mol. The van der Waals surface area contributed by atoms with E-state index in [9.17, 15) is 0 Å². The summed E-state index contributed by atoms with van der Waals surface area (Å²) in [6, 6.07) is 53.3. The molecule has 0 unspecified atom stereocenters. The van der Waals surface area contributed by atoms with Crippen molar-refractivity contribution < 1.29 is 21.1 Å². The molecule has 2 nitrogen and oxygen atoms in total. The van der Waals surface area contributed by atoms with Gasteiger partial charge >= 0.3 is 21.1 Å². The Kier molecular flexibility index (Phi) is 9.78. The molecule has 6 aromatic rings. The monoisotopic (exact) mass is 676 g/mol. The molecule has 4 aromatic carbocycles. The van der Waals surface area contributed by atoms with Crippen molar-refractivity contribution in [2.75, 3.05) is 0 Å². The maximum atomic E-state index is 4.59. The molecule has 0 atom stereocenters. The maximum Gasteiger partial charge on any atom is 2.00 e. The molecule has 2 heterocycles. The average Bonchev–Trinajstić information content (AvgIpc) is 3.51. The normalized spacial score (nSPS) is 10.2. The Hall–Kier alpha value is -3.57. The van der Waals surface area contributed by atoms with Gasteiger partial charge in [0.05, 0.1) is 7.92 Å². The first kappa shape index (κ1) is 26.5. The minimum atomic E-state index is -0.877. The SMILES string of the molecule is [Pt+2].[c-]1ccccc1-c1cccc(-c2ccc[n-]2)n1.c1ccc([PH+](c2ccccc2)c2ccccc2)cc1. The third-order valence-corrected chi connectivity index (χ3v) is 8.47. The topological polar surface area (TPSA) is 27.0 Å². The van der Waals surface area contributed by atoms with Gasteiger partial charge in [-0.2, -0.15) is 6.20 Å². The molecular weight excluding hydrogens is 650 g/mol. The molecule has 0 saturated heterocycles. The van der Waals surface area contributed by atoms with Gasteiger partial charge in [0.1, 0.15) is 15.9 Å². The van der Waals surface area contributed by atoms with Crippen LogP contribution in [0.4, 0.5) is 0 Å². The molecule has 0 aliphatic carbocycles. The summed E-state index contributed by atoms with van der Waals surface area (Å²) < 4.78 is 0. The average molecular weight is 677 g/mol. The van der Waals surface area contributed by atoms with Crippen LogP contribution >= 0.6 is 7.92 Å². The van der Waals surface area contributed by atoms with E-state index >= 15 is 0 Å². The predicted octanol–water partition coefficient (Wildman–Crippen LogP) is 6.35. The van der Waals surface area contributed by atoms with Crippen molar-refractivity contribution >= 4 is 23.8 Å². The summed E-state index contributed by atoms with van der Waals surface area (Å²) in [5.74, 6) is 0. The molecule has 0 N–H and O–H groups in total. The summed E-state index contributed by atoms with van der Waals surface area (Å²) in [6.07, 6.45) is 1.78. The van der Waals surface area contributed by atoms with Crippen LogP contribution in [-0.2, 0) is 21.1 Å². The van der Waals surface area contributed by atoms with Gasteiger partial charge in [-0.3, -0.25) is 4.98 Å². The Morgan fingerprint density at radius 1 is 0.514 bits per heavy atom. The van der Waals surface area contributed by atoms with Gasteiger partial charge in [-0.15, -0.1) is 41.6 Å². The number of nitrogens with zero attached hydrogens (tertiary/aromatic N) is 2. The zero-order valence-electron chi connectivity index (χ0n) is 20.1. The molecule has 0 fully saturated rings. The quantitative estimate of drug-likeness (QED) is 0.157. The fraction of sp³-hybridized carbons (Fsp3) is 0. The number of benzene rings is 4.